The third-order valence-electron chi connectivity index (χ3n) is 3.78. The van der Waals surface area contributed by atoms with Gasteiger partial charge in [-0.25, -0.2) is 4.39 Å². The second-order valence-corrected chi connectivity index (χ2v) is 8.03. The molecule has 0 aliphatic rings. The monoisotopic (exact) mass is 322 g/mol. The Kier molecular flexibility index (Phi) is 4.27. The summed E-state index contributed by atoms with van der Waals surface area (Å²) in [6.07, 6.45) is 0. The molecule has 0 aliphatic heterocycles. The van der Waals surface area contributed by atoms with Crippen molar-refractivity contribution in [2.45, 2.75) is 0 Å². The molecular formula is C20H16FOP. The summed E-state index contributed by atoms with van der Waals surface area (Å²) in [6.45, 7) is 4.06. The second-order valence-electron chi connectivity index (χ2n) is 5.24. The first kappa shape index (κ1) is 15.5. The smallest absolute Gasteiger partial charge is 0.171 e. The zero-order valence-corrected chi connectivity index (χ0v) is 13.4. The van der Waals surface area contributed by atoms with Crippen LogP contribution in [-0.4, -0.2) is 0 Å². The van der Waals surface area contributed by atoms with Crippen LogP contribution in [0.4, 0.5) is 4.39 Å². The van der Waals surface area contributed by atoms with Crippen molar-refractivity contribution in [3.05, 3.63) is 103 Å². The molecule has 0 N–H and O–H groups in total. The molecule has 0 radical (unpaired) electrons. The van der Waals surface area contributed by atoms with Crippen molar-refractivity contribution in [2.24, 2.45) is 0 Å². The Bertz CT molecular complexity index is 829. The first-order chi connectivity index (χ1) is 11.1. The Morgan fingerprint density at radius 2 is 1.30 bits per heavy atom. The Labute approximate surface area is 135 Å². The lowest BCUT2D eigenvalue weighted by atomic mass is 10.2. The van der Waals surface area contributed by atoms with E-state index >= 15 is 0 Å². The van der Waals surface area contributed by atoms with Crippen LogP contribution in [0.1, 0.15) is 5.56 Å². The third kappa shape index (κ3) is 2.91. The maximum absolute atomic E-state index is 14.0. The van der Waals surface area contributed by atoms with Gasteiger partial charge in [0.25, 0.3) is 0 Å². The first-order valence-corrected chi connectivity index (χ1v) is 9.00. The van der Waals surface area contributed by atoms with Crippen molar-refractivity contribution in [3.63, 3.8) is 0 Å². The molecule has 3 aromatic carbocycles. The van der Waals surface area contributed by atoms with E-state index in [1.54, 1.807) is 12.1 Å². The fraction of sp³-hybridized carbons (Fsp3) is 0. The van der Waals surface area contributed by atoms with E-state index in [0.717, 1.165) is 0 Å². The molecule has 3 aromatic rings. The molecule has 114 valence electrons. The van der Waals surface area contributed by atoms with E-state index in [-0.39, 0.29) is 5.82 Å². The van der Waals surface area contributed by atoms with E-state index in [1.807, 2.05) is 60.7 Å². The lowest BCUT2D eigenvalue weighted by Gasteiger charge is -2.22. The maximum Gasteiger partial charge on any atom is 0.171 e. The van der Waals surface area contributed by atoms with Gasteiger partial charge >= 0.3 is 0 Å². The predicted molar refractivity (Wildman–Crippen MR) is 95.2 cm³/mol. The summed E-state index contributed by atoms with van der Waals surface area (Å²) in [5.41, 5.74) is 0.557. The number of hydrogen-bond acceptors (Lipinski definition) is 1. The zero-order valence-electron chi connectivity index (χ0n) is 12.5. The molecule has 0 amide bonds. The highest BCUT2D eigenvalue weighted by molar-refractivity contribution is 7.87. The van der Waals surface area contributed by atoms with Gasteiger partial charge in [0.2, 0.25) is 0 Å². The molecule has 0 aromatic heterocycles. The quantitative estimate of drug-likeness (QED) is 0.630. The molecule has 3 heteroatoms. The fourth-order valence-corrected chi connectivity index (χ4v) is 5.19. The van der Waals surface area contributed by atoms with Crippen LogP contribution in [0.5, 0.6) is 0 Å². The summed E-state index contributed by atoms with van der Waals surface area (Å²) in [5.74, 6) is -0.365. The van der Waals surface area contributed by atoms with Crippen molar-refractivity contribution < 1.29 is 8.96 Å². The zero-order chi connectivity index (χ0) is 16.3. The van der Waals surface area contributed by atoms with Crippen LogP contribution >= 0.6 is 7.14 Å². The molecule has 0 aliphatic carbocycles. The van der Waals surface area contributed by atoms with Crippen LogP contribution < -0.4 is 10.6 Å². The SMILES string of the molecule is C=C(c1cccc(F)c1)P(=O)(c1ccccc1)c1ccccc1. The van der Waals surface area contributed by atoms with Gasteiger partial charge in [-0.1, -0.05) is 79.4 Å². The van der Waals surface area contributed by atoms with Gasteiger partial charge in [-0.3, -0.25) is 0 Å². The average Bonchev–Trinajstić information content (AvgIpc) is 2.62. The maximum atomic E-state index is 14.0. The third-order valence-corrected chi connectivity index (χ3v) is 6.85. The van der Waals surface area contributed by atoms with Gasteiger partial charge in [0.05, 0.1) is 0 Å². The second kappa shape index (κ2) is 6.36. The van der Waals surface area contributed by atoms with Crippen LogP contribution in [0, 0.1) is 5.82 Å². The van der Waals surface area contributed by atoms with Gasteiger partial charge in [0.15, 0.2) is 7.14 Å². The Hall–Kier alpha value is -2.44. The highest BCUT2D eigenvalue weighted by Crippen LogP contribution is 2.55. The van der Waals surface area contributed by atoms with Gasteiger partial charge in [-0.05, 0) is 17.7 Å². The van der Waals surface area contributed by atoms with Crippen molar-refractivity contribution >= 4 is 23.1 Å². The number of rotatable bonds is 4. The molecular weight excluding hydrogens is 306 g/mol. The molecule has 3 rings (SSSR count). The van der Waals surface area contributed by atoms with Crippen molar-refractivity contribution in [1.29, 1.82) is 0 Å². The van der Waals surface area contributed by atoms with Gasteiger partial charge in [0.1, 0.15) is 5.82 Å². The number of halogens is 1. The number of benzene rings is 3. The van der Waals surface area contributed by atoms with Crippen molar-refractivity contribution in [3.8, 4) is 0 Å². The molecule has 0 spiro atoms. The van der Waals surface area contributed by atoms with Gasteiger partial charge in [-0.2, -0.15) is 0 Å². The topological polar surface area (TPSA) is 17.1 Å². The molecule has 0 atom stereocenters. The highest BCUT2D eigenvalue weighted by Gasteiger charge is 2.31. The standard InChI is InChI=1S/C20H16FOP/c1-16(17-9-8-10-18(21)15-17)23(22,19-11-4-2-5-12-19)20-13-6-3-7-14-20/h2-15H,1H2. The Morgan fingerprint density at radius 3 is 1.78 bits per heavy atom. The normalized spacial score (nSPS) is 11.2. The summed E-state index contributed by atoms with van der Waals surface area (Å²) >= 11 is 0. The van der Waals surface area contributed by atoms with Gasteiger partial charge < -0.3 is 4.57 Å². The van der Waals surface area contributed by atoms with Gasteiger partial charge in [-0.15, -0.1) is 0 Å². The minimum atomic E-state index is -3.12. The van der Waals surface area contributed by atoms with Crippen molar-refractivity contribution in [2.75, 3.05) is 0 Å². The Balaban J connectivity index is 2.21. The molecule has 0 bridgehead atoms. The lowest BCUT2D eigenvalue weighted by Crippen LogP contribution is -2.16. The number of hydrogen-bond donors (Lipinski definition) is 0. The van der Waals surface area contributed by atoms with Crippen LogP contribution in [0.15, 0.2) is 91.5 Å². The van der Waals surface area contributed by atoms with Crippen molar-refractivity contribution in [1.82, 2.24) is 0 Å². The minimum absolute atomic E-state index is 0.365. The van der Waals surface area contributed by atoms with Crippen LogP contribution in [-0.2, 0) is 4.57 Å². The molecule has 0 saturated heterocycles. The van der Waals surface area contributed by atoms with Crippen LogP contribution in [0.3, 0.4) is 0 Å². The highest BCUT2D eigenvalue weighted by atomic mass is 31.2. The summed E-state index contributed by atoms with van der Waals surface area (Å²) in [6, 6.07) is 24.6. The summed E-state index contributed by atoms with van der Waals surface area (Å²) in [4.78, 5) is 0. The fourth-order valence-electron chi connectivity index (χ4n) is 2.59. The van der Waals surface area contributed by atoms with E-state index in [9.17, 15) is 8.96 Å². The summed E-state index contributed by atoms with van der Waals surface area (Å²) in [7, 11) is -3.12. The summed E-state index contributed by atoms with van der Waals surface area (Å²) < 4.78 is 27.6. The average molecular weight is 322 g/mol. The molecule has 0 unspecified atom stereocenters. The van der Waals surface area contributed by atoms with Crippen LogP contribution in [0.25, 0.3) is 5.31 Å². The molecule has 0 saturated carbocycles. The largest absolute Gasteiger partial charge is 0.309 e. The van der Waals surface area contributed by atoms with E-state index in [1.165, 1.54) is 12.1 Å². The summed E-state index contributed by atoms with van der Waals surface area (Å²) in [5, 5.41) is 1.83. The molecule has 0 heterocycles. The predicted octanol–water partition coefficient (Wildman–Crippen LogP) is 4.81. The lowest BCUT2D eigenvalue weighted by molar-refractivity contribution is 0.593. The molecule has 23 heavy (non-hydrogen) atoms. The van der Waals surface area contributed by atoms with E-state index in [4.69, 9.17) is 0 Å². The molecule has 0 fully saturated rings. The van der Waals surface area contributed by atoms with Gasteiger partial charge in [0, 0.05) is 15.9 Å². The first-order valence-electron chi connectivity index (χ1n) is 7.29. The van der Waals surface area contributed by atoms with E-state index < -0.39 is 7.14 Å². The van der Waals surface area contributed by atoms with E-state index in [2.05, 4.69) is 6.58 Å². The minimum Gasteiger partial charge on any atom is -0.309 e. The van der Waals surface area contributed by atoms with Crippen LogP contribution in [0.2, 0.25) is 0 Å². The molecule has 1 nitrogen and oxygen atoms in total. The Morgan fingerprint density at radius 1 is 0.783 bits per heavy atom. The van der Waals surface area contributed by atoms with E-state index in [0.29, 0.717) is 21.5 Å².